The number of benzene rings is 1. The van der Waals surface area contributed by atoms with Crippen LogP contribution in [0.2, 0.25) is 0 Å². The molecule has 0 bridgehead atoms. The molecule has 1 aliphatic carbocycles. The highest BCUT2D eigenvalue weighted by atomic mass is 19.4. The lowest BCUT2D eigenvalue weighted by Gasteiger charge is -2.30. The van der Waals surface area contributed by atoms with Gasteiger partial charge < -0.3 is 24.6 Å². The Hall–Kier alpha value is -3.15. The average molecular weight is 487 g/mol. The lowest BCUT2D eigenvalue weighted by atomic mass is 10.1. The molecule has 0 amide bonds. The summed E-state index contributed by atoms with van der Waals surface area (Å²) in [6.07, 6.45) is -1.85. The first kappa shape index (κ1) is 25.5. The molecule has 1 aliphatic heterocycles. The highest BCUT2D eigenvalue weighted by Gasteiger charge is 2.38. The molecule has 34 heavy (non-hydrogen) atoms. The van der Waals surface area contributed by atoms with E-state index >= 15 is 0 Å². The van der Waals surface area contributed by atoms with Gasteiger partial charge in [-0.05, 0) is 38.8 Å². The Morgan fingerprint density at radius 1 is 1.18 bits per heavy atom. The molecule has 1 saturated heterocycles. The van der Waals surface area contributed by atoms with Crippen molar-refractivity contribution >= 4 is 28.5 Å². The topological polar surface area (TPSA) is 101 Å². The van der Waals surface area contributed by atoms with Crippen molar-refractivity contribution in [1.29, 1.82) is 0 Å². The third-order valence-corrected chi connectivity index (χ3v) is 5.30. The molecule has 2 heterocycles. The Labute approximate surface area is 192 Å². The van der Waals surface area contributed by atoms with Gasteiger partial charge in [-0.2, -0.15) is 13.2 Å². The van der Waals surface area contributed by atoms with Crippen LogP contribution in [-0.2, 0) is 9.53 Å². The Balaban J connectivity index is 0.000000406. The number of nitrogens with one attached hydrogen (secondary N) is 1. The number of fused-ring (bicyclic) bond motifs is 1. The molecule has 4 rings (SSSR count). The number of aromatic nitrogens is 1. The van der Waals surface area contributed by atoms with E-state index in [2.05, 4.69) is 5.32 Å². The molecular weight excluding hydrogens is 462 g/mol. The summed E-state index contributed by atoms with van der Waals surface area (Å²) in [5.74, 6) is -3.84. The van der Waals surface area contributed by atoms with Crippen LogP contribution >= 0.6 is 0 Å². The number of carbonyl (C=O) groups excluding carboxylic acids is 1. The van der Waals surface area contributed by atoms with Crippen LogP contribution in [0.3, 0.4) is 0 Å². The number of esters is 1. The Morgan fingerprint density at radius 3 is 2.26 bits per heavy atom. The van der Waals surface area contributed by atoms with Gasteiger partial charge in [0.1, 0.15) is 11.4 Å². The van der Waals surface area contributed by atoms with E-state index in [0.29, 0.717) is 11.2 Å². The summed E-state index contributed by atoms with van der Waals surface area (Å²) in [5.41, 5.74) is 0.685. The number of carboxylic acids is 1. The van der Waals surface area contributed by atoms with Gasteiger partial charge in [0.15, 0.2) is 0 Å². The first-order valence-electron chi connectivity index (χ1n) is 10.7. The largest absolute Gasteiger partial charge is 0.490 e. The third-order valence-electron chi connectivity index (χ3n) is 5.30. The SMILES string of the molecule is CC(C)OC(=O)c1cn(C2CC2)c2cc(N3CCNCC3)c(F)cc2c1=O.O=C(O)C(F)(F)F. The van der Waals surface area contributed by atoms with E-state index in [0.717, 1.165) is 39.0 Å². The molecule has 0 atom stereocenters. The van der Waals surface area contributed by atoms with Gasteiger partial charge in [-0.1, -0.05) is 0 Å². The summed E-state index contributed by atoms with van der Waals surface area (Å²) in [4.78, 5) is 36.1. The van der Waals surface area contributed by atoms with Gasteiger partial charge in [0, 0.05) is 43.8 Å². The summed E-state index contributed by atoms with van der Waals surface area (Å²) < 4.78 is 53.7. The Kier molecular flexibility index (Phi) is 7.49. The molecule has 1 aromatic carbocycles. The van der Waals surface area contributed by atoms with E-state index in [9.17, 15) is 27.2 Å². The normalized spacial score (nSPS) is 16.3. The van der Waals surface area contributed by atoms with Crippen LogP contribution in [0.1, 0.15) is 43.1 Å². The highest BCUT2D eigenvalue weighted by Crippen LogP contribution is 2.38. The van der Waals surface area contributed by atoms with Crippen molar-refractivity contribution in [3.05, 3.63) is 39.9 Å². The number of nitrogens with zero attached hydrogens (tertiary/aromatic N) is 2. The van der Waals surface area contributed by atoms with Crippen molar-refractivity contribution in [2.45, 2.75) is 45.0 Å². The number of ether oxygens (including phenoxy) is 1. The van der Waals surface area contributed by atoms with Gasteiger partial charge in [0.25, 0.3) is 0 Å². The summed E-state index contributed by atoms with van der Waals surface area (Å²) >= 11 is 0. The molecule has 2 aliphatic rings. The van der Waals surface area contributed by atoms with Gasteiger partial charge in [0.2, 0.25) is 5.43 Å². The molecule has 0 unspecified atom stereocenters. The lowest BCUT2D eigenvalue weighted by molar-refractivity contribution is -0.192. The lowest BCUT2D eigenvalue weighted by Crippen LogP contribution is -2.43. The van der Waals surface area contributed by atoms with Crippen molar-refractivity contribution in [3.63, 3.8) is 0 Å². The van der Waals surface area contributed by atoms with Gasteiger partial charge in [-0.3, -0.25) is 4.79 Å². The van der Waals surface area contributed by atoms with E-state index in [1.807, 2.05) is 9.47 Å². The fourth-order valence-corrected chi connectivity index (χ4v) is 3.58. The van der Waals surface area contributed by atoms with Crippen LogP contribution in [0.15, 0.2) is 23.1 Å². The number of hydrogen-bond donors (Lipinski definition) is 2. The van der Waals surface area contributed by atoms with Gasteiger partial charge >= 0.3 is 18.1 Å². The van der Waals surface area contributed by atoms with Gasteiger partial charge in [-0.15, -0.1) is 0 Å². The first-order valence-corrected chi connectivity index (χ1v) is 10.7. The van der Waals surface area contributed by atoms with Crippen molar-refractivity contribution < 1.29 is 37.0 Å². The second-order valence-corrected chi connectivity index (χ2v) is 8.33. The van der Waals surface area contributed by atoms with Crippen LogP contribution < -0.4 is 15.6 Å². The van der Waals surface area contributed by atoms with Gasteiger partial charge in [0.05, 0.1) is 17.3 Å². The van der Waals surface area contributed by atoms with E-state index < -0.39 is 29.4 Å². The number of halogens is 4. The Morgan fingerprint density at radius 2 is 1.76 bits per heavy atom. The zero-order valence-corrected chi connectivity index (χ0v) is 18.6. The fraction of sp³-hybridized carbons (Fsp3) is 0.500. The summed E-state index contributed by atoms with van der Waals surface area (Å²) in [5, 5.41) is 10.6. The molecule has 1 aromatic heterocycles. The highest BCUT2D eigenvalue weighted by molar-refractivity contribution is 5.94. The average Bonchev–Trinajstić information content (AvgIpc) is 3.59. The minimum atomic E-state index is -5.08. The van der Waals surface area contributed by atoms with Crippen LogP contribution in [-0.4, -0.2) is 60.1 Å². The quantitative estimate of drug-likeness (QED) is 0.505. The second kappa shape index (κ2) is 10.00. The number of carbonyl (C=O) groups is 2. The zero-order chi connectivity index (χ0) is 25.2. The van der Waals surface area contributed by atoms with E-state index in [4.69, 9.17) is 14.6 Å². The molecule has 2 aromatic rings. The molecule has 186 valence electrons. The Bertz CT molecular complexity index is 1140. The smallest absolute Gasteiger partial charge is 0.475 e. The fourth-order valence-electron chi connectivity index (χ4n) is 3.58. The van der Waals surface area contributed by atoms with E-state index in [1.54, 1.807) is 26.1 Å². The number of pyridine rings is 1. The van der Waals surface area contributed by atoms with E-state index in [-0.39, 0.29) is 23.1 Å². The maximum atomic E-state index is 14.8. The van der Waals surface area contributed by atoms with Crippen molar-refractivity contribution in [2.24, 2.45) is 0 Å². The number of hydrogen-bond acceptors (Lipinski definition) is 6. The predicted molar refractivity (Wildman–Crippen MR) is 116 cm³/mol. The van der Waals surface area contributed by atoms with Crippen LogP contribution in [0, 0.1) is 5.82 Å². The first-order chi connectivity index (χ1) is 15.9. The number of rotatable bonds is 4. The second-order valence-electron chi connectivity index (χ2n) is 8.33. The number of anilines is 1. The standard InChI is InChI=1S/C20H24FN3O3.C2HF3O2/c1-12(2)27-20(26)15-11-24(13-3-4-13)17-10-18(23-7-5-22-6-8-23)16(21)9-14(17)19(15)25;3-2(4,5)1(6)7/h9-13,22H,3-8H2,1-2H3;(H,6,7). The van der Waals surface area contributed by atoms with Gasteiger partial charge in [-0.25, -0.2) is 14.0 Å². The van der Waals surface area contributed by atoms with Crippen molar-refractivity contribution in [1.82, 2.24) is 9.88 Å². The summed E-state index contributed by atoms with van der Waals surface area (Å²) in [7, 11) is 0. The molecule has 12 heteroatoms. The minimum Gasteiger partial charge on any atom is -0.475 e. The monoisotopic (exact) mass is 487 g/mol. The van der Waals surface area contributed by atoms with Crippen molar-refractivity contribution in [3.8, 4) is 0 Å². The maximum Gasteiger partial charge on any atom is 0.490 e. The number of carboxylic acid groups (broad SMARTS) is 1. The number of piperazine rings is 1. The predicted octanol–water partition coefficient (Wildman–Crippen LogP) is 3.08. The van der Waals surface area contributed by atoms with Crippen molar-refractivity contribution in [2.75, 3.05) is 31.1 Å². The summed E-state index contributed by atoms with van der Waals surface area (Å²) in [6, 6.07) is 3.27. The third kappa shape index (κ3) is 5.85. The minimum absolute atomic E-state index is 0.0302. The molecular formula is C22H25F4N3O5. The molecule has 8 nitrogen and oxygen atoms in total. The molecule has 2 fully saturated rings. The van der Waals surface area contributed by atoms with Crippen LogP contribution in [0.4, 0.5) is 23.2 Å². The van der Waals surface area contributed by atoms with Crippen LogP contribution in [0.5, 0.6) is 0 Å². The maximum absolute atomic E-state index is 14.8. The van der Waals surface area contributed by atoms with Crippen LogP contribution in [0.25, 0.3) is 10.9 Å². The molecule has 2 N–H and O–H groups in total. The zero-order valence-electron chi connectivity index (χ0n) is 18.6. The summed E-state index contributed by atoms with van der Waals surface area (Å²) in [6.45, 7) is 6.50. The number of alkyl halides is 3. The number of aliphatic carboxylic acids is 1. The molecule has 0 radical (unpaired) electrons. The molecule has 0 spiro atoms. The van der Waals surface area contributed by atoms with E-state index in [1.165, 1.54) is 6.07 Å². The molecule has 1 saturated carbocycles.